The van der Waals surface area contributed by atoms with E-state index in [4.69, 9.17) is 9.52 Å². The van der Waals surface area contributed by atoms with Crippen molar-refractivity contribution in [2.24, 2.45) is 0 Å². The van der Waals surface area contributed by atoms with Crippen molar-refractivity contribution in [1.82, 2.24) is 8.00 Å². The Balaban J connectivity index is 1.67. The van der Waals surface area contributed by atoms with Gasteiger partial charge in [0, 0.05) is 0 Å². The number of nitrogens with zero attached hydrogens (tertiary/aromatic N) is 2. The molecule has 2 aromatic heterocycles. The van der Waals surface area contributed by atoms with E-state index in [0.29, 0.717) is 5.89 Å². The second-order valence-corrected chi connectivity index (χ2v) is 24.2. The molecule has 30 heavy (non-hydrogen) atoms. The van der Waals surface area contributed by atoms with Crippen LogP contribution in [0.25, 0.3) is 10.8 Å². The van der Waals surface area contributed by atoms with Gasteiger partial charge in [0.2, 0.25) is 0 Å². The molecule has 2 heterocycles. The van der Waals surface area contributed by atoms with Crippen LogP contribution < -0.4 is 5.76 Å². The quantitative estimate of drug-likeness (QED) is 0.376. The van der Waals surface area contributed by atoms with Crippen LogP contribution >= 0.6 is 11.3 Å². The molecule has 164 valence electrons. The first-order chi connectivity index (χ1) is 14.8. The summed E-state index contributed by atoms with van der Waals surface area (Å²) in [7, 11) is 0. The third-order valence-electron chi connectivity index (χ3n) is 8.42. The molecule has 0 N–H and O–H groups in total. The molecule has 0 unspecified atom stereocenters. The van der Waals surface area contributed by atoms with E-state index in [0.717, 1.165) is 16.7 Å². The molecular formula is C24H36N2O2SSn. The minimum absolute atomic E-state index is 0.115. The molecule has 0 aromatic carbocycles. The van der Waals surface area contributed by atoms with Crippen LogP contribution in [0.1, 0.15) is 96.3 Å². The molecule has 3 saturated carbocycles. The molecule has 0 saturated heterocycles. The first-order valence-electron chi connectivity index (χ1n) is 12.4. The van der Waals surface area contributed by atoms with E-state index in [1.165, 1.54) is 96.3 Å². The predicted molar refractivity (Wildman–Crippen MR) is 126 cm³/mol. The van der Waals surface area contributed by atoms with Crippen LogP contribution in [-0.2, 0) is 0 Å². The van der Waals surface area contributed by atoms with Crippen molar-refractivity contribution in [1.29, 1.82) is 0 Å². The van der Waals surface area contributed by atoms with Gasteiger partial charge in [0.15, 0.2) is 0 Å². The average molecular weight is 535 g/mol. The summed E-state index contributed by atoms with van der Waals surface area (Å²) in [6, 6.07) is 4.07. The number of hydrogen-bond acceptors (Lipinski definition) is 4. The third kappa shape index (κ3) is 3.87. The summed E-state index contributed by atoms with van der Waals surface area (Å²) >= 11 is -1.63. The molecule has 0 atom stereocenters. The molecule has 0 aliphatic heterocycles. The Morgan fingerprint density at radius 1 is 0.833 bits per heavy atom. The number of aromatic nitrogens is 2. The fraction of sp³-hybridized carbons (Fsp3) is 0.750. The molecule has 5 rings (SSSR count). The van der Waals surface area contributed by atoms with Gasteiger partial charge < -0.3 is 0 Å². The normalized spacial score (nSPS) is 23.1. The molecule has 4 nitrogen and oxygen atoms in total. The van der Waals surface area contributed by atoms with Gasteiger partial charge in [0.1, 0.15) is 0 Å². The van der Waals surface area contributed by atoms with Gasteiger partial charge in [0.25, 0.3) is 0 Å². The topological polar surface area (TPSA) is 48.0 Å². The zero-order valence-corrected chi connectivity index (χ0v) is 21.9. The fourth-order valence-corrected chi connectivity index (χ4v) is 29.8. The van der Waals surface area contributed by atoms with E-state index < -0.39 is 18.7 Å². The molecular weight excluding hydrogens is 499 g/mol. The van der Waals surface area contributed by atoms with E-state index in [1.807, 2.05) is 17.5 Å². The summed E-state index contributed by atoms with van der Waals surface area (Å²) in [6.07, 6.45) is 20.3. The van der Waals surface area contributed by atoms with Crippen molar-refractivity contribution in [3.63, 3.8) is 0 Å². The zero-order chi connectivity index (χ0) is 20.4. The molecule has 0 radical (unpaired) electrons. The van der Waals surface area contributed by atoms with E-state index in [-0.39, 0.29) is 5.76 Å². The summed E-state index contributed by atoms with van der Waals surface area (Å²) < 4.78 is 10.4. The Kier molecular flexibility index (Phi) is 6.75. The molecule has 2 aromatic rings. The van der Waals surface area contributed by atoms with Gasteiger partial charge in [-0.05, 0) is 0 Å². The van der Waals surface area contributed by atoms with E-state index >= 15 is 0 Å². The van der Waals surface area contributed by atoms with Gasteiger partial charge >= 0.3 is 189 Å². The fourth-order valence-electron chi connectivity index (χ4n) is 7.24. The van der Waals surface area contributed by atoms with Crippen LogP contribution in [0.2, 0.25) is 11.8 Å². The summed E-state index contributed by atoms with van der Waals surface area (Å²) in [5, 5.41) is 7.14. The predicted octanol–water partition coefficient (Wildman–Crippen LogP) is 7.36. The van der Waals surface area contributed by atoms with Crippen LogP contribution in [0.5, 0.6) is 0 Å². The average Bonchev–Trinajstić information content (AvgIpc) is 3.47. The zero-order valence-electron chi connectivity index (χ0n) is 18.2. The van der Waals surface area contributed by atoms with Crippen LogP contribution in [0.3, 0.4) is 0 Å². The summed E-state index contributed by atoms with van der Waals surface area (Å²) in [5.41, 5.74) is 0. The van der Waals surface area contributed by atoms with E-state index in [9.17, 15) is 4.79 Å². The number of hydrogen-bond donors (Lipinski definition) is 0. The Labute approximate surface area is 188 Å². The van der Waals surface area contributed by atoms with Crippen molar-refractivity contribution in [2.75, 3.05) is 0 Å². The first kappa shape index (κ1) is 21.3. The Morgan fingerprint density at radius 2 is 1.33 bits per heavy atom. The molecule has 3 aliphatic rings. The number of thiophene rings is 1. The van der Waals surface area contributed by atoms with Gasteiger partial charge in [-0.15, -0.1) is 0 Å². The SMILES string of the molecule is O=c1oc(-c2cccs2)n[n]1[Sn]([CH]1CCCCC1)([CH]1CCCCC1)[CH]1CCCCC1. The molecule has 3 fully saturated rings. The Bertz CT molecular complexity index is 811. The van der Waals surface area contributed by atoms with Crippen LogP contribution in [0.15, 0.2) is 26.7 Å². The molecule has 0 bridgehead atoms. The Morgan fingerprint density at radius 3 is 1.77 bits per heavy atom. The van der Waals surface area contributed by atoms with E-state index in [2.05, 4.69) is 2.90 Å². The van der Waals surface area contributed by atoms with Crippen molar-refractivity contribution in [3.05, 3.63) is 28.1 Å². The molecule has 6 heteroatoms. The summed E-state index contributed by atoms with van der Waals surface area (Å²) in [4.78, 5) is 14.5. The van der Waals surface area contributed by atoms with Crippen LogP contribution in [0.4, 0.5) is 0 Å². The van der Waals surface area contributed by atoms with Crippen molar-refractivity contribution in [2.45, 2.75) is 108 Å². The van der Waals surface area contributed by atoms with Crippen LogP contribution in [-0.4, -0.2) is 26.7 Å². The second-order valence-electron chi connectivity index (χ2n) is 9.95. The van der Waals surface area contributed by atoms with E-state index in [1.54, 1.807) is 11.3 Å². The van der Waals surface area contributed by atoms with Gasteiger partial charge in [-0.25, -0.2) is 0 Å². The van der Waals surface area contributed by atoms with Gasteiger partial charge in [0.05, 0.1) is 0 Å². The summed E-state index contributed by atoms with van der Waals surface area (Å²) in [5.74, 6) is 0.467. The van der Waals surface area contributed by atoms with Crippen molar-refractivity contribution < 1.29 is 4.42 Å². The molecule has 3 aliphatic carbocycles. The van der Waals surface area contributed by atoms with Crippen molar-refractivity contribution >= 4 is 30.0 Å². The minimum atomic E-state index is -3.26. The first-order valence-corrected chi connectivity index (χ1v) is 19.5. The molecule has 0 amide bonds. The van der Waals surface area contributed by atoms with Gasteiger partial charge in [-0.1, -0.05) is 0 Å². The Hall–Kier alpha value is -0.561. The third-order valence-corrected chi connectivity index (χ3v) is 28.3. The maximum absolute atomic E-state index is 13.5. The summed E-state index contributed by atoms with van der Waals surface area (Å²) in [6.45, 7) is 0. The van der Waals surface area contributed by atoms with Crippen LogP contribution in [0, 0.1) is 0 Å². The monoisotopic (exact) mass is 536 g/mol. The van der Waals surface area contributed by atoms with Crippen molar-refractivity contribution in [3.8, 4) is 10.8 Å². The second kappa shape index (κ2) is 9.51. The van der Waals surface area contributed by atoms with Gasteiger partial charge in [-0.3, -0.25) is 0 Å². The maximum atomic E-state index is 13.5. The standard InChI is InChI=1S/C6H4N2O2S.3C6H11.Sn/c9-6-8-7-5(10-6)4-2-1-3-11-4;3*1-2-4-6-5-3-1;/h1-3H,(H,8,9);3*1H,2-6H2;/q;;;;+1/p-1. The van der Waals surface area contributed by atoms with Gasteiger partial charge in [-0.2, -0.15) is 0 Å². The number of rotatable bonds is 5. The molecule has 0 spiro atoms.